The number of hydrogen-bond acceptors (Lipinski definition) is 4. The van der Waals surface area contributed by atoms with Crippen LogP contribution in [0.1, 0.15) is 120 Å². The summed E-state index contributed by atoms with van der Waals surface area (Å²) in [5, 5.41) is 20.3. The smallest absolute Gasteiger partial charge is 0.310 e. The topological polar surface area (TPSA) is 101 Å². The van der Waals surface area contributed by atoms with Crippen LogP contribution in [0.3, 0.4) is 0 Å². The Balaban J connectivity index is 1.30. The summed E-state index contributed by atoms with van der Waals surface area (Å²) in [6.07, 6.45) is 10.8. The molecule has 6 rings (SSSR count). The Kier molecular flexibility index (Phi) is 6.77. The van der Waals surface area contributed by atoms with Gasteiger partial charge in [-0.1, -0.05) is 74.0 Å². The summed E-state index contributed by atoms with van der Waals surface area (Å²) < 4.78 is 6.25. The van der Waals surface area contributed by atoms with Crippen LogP contribution < -0.4 is 0 Å². The number of rotatable bonds is 4. The summed E-state index contributed by atoms with van der Waals surface area (Å²) in [6.45, 7) is 20.4. The number of esters is 1. The van der Waals surface area contributed by atoms with Crippen molar-refractivity contribution in [2.24, 2.45) is 73.9 Å². The maximum atomic E-state index is 13.3. The van der Waals surface area contributed by atoms with E-state index in [9.17, 15) is 24.6 Å². The molecular weight excluding hydrogens is 540 g/mol. The Labute approximate surface area is 258 Å². The lowest BCUT2D eigenvalue weighted by Crippen LogP contribution is -2.65. The predicted octanol–water partition coefficient (Wildman–Crippen LogP) is 8.00. The normalized spacial score (nSPS) is 51.0. The summed E-state index contributed by atoms with van der Waals surface area (Å²) in [5.74, 6) is -1.18. The molecule has 0 aromatic carbocycles. The van der Waals surface area contributed by atoms with Crippen LogP contribution in [0.4, 0.5) is 0 Å². The molecule has 6 heteroatoms. The molecule has 240 valence electrons. The molecule has 5 fully saturated rings. The molecule has 0 aliphatic heterocycles. The lowest BCUT2D eigenvalue weighted by Gasteiger charge is -2.71. The van der Waals surface area contributed by atoms with E-state index in [1.54, 1.807) is 0 Å². The molecule has 12 atom stereocenters. The van der Waals surface area contributed by atoms with Crippen molar-refractivity contribution < 1.29 is 29.3 Å². The van der Waals surface area contributed by atoms with E-state index in [1.165, 1.54) is 5.57 Å². The van der Waals surface area contributed by atoms with Crippen molar-refractivity contribution in [3.63, 3.8) is 0 Å². The van der Waals surface area contributed by atoms with E-state index in [4.69, 9.17) is 4.74 Å². The van der Waals surface area contributed by atoms with Crippen LogP contribution in [-0.2, 0) is 19.1 Å². The van der Waals surface area contributed by atoms with Crippen LogP contribution in [-0.4, -0.2) is 34.2 Å². The summed E-state index contributed by atoms with van der Waals surface area (Å²) in [4.78, 5) is 38.0. The van der Waals surface area contributed by atoms with Crippen LogP contribution in [0.25, 0.3) is 0 Å². The summed E-state index contributed by atoms with van der Waals surface area (Å²) in [5.41, 5.74) is 0.209. The third-order valence-corrected chi connectivity index (χ3v) is 16.0. The van der Waals surface area contributed by atoms with Gasteiger partial charge in [0, 0.05) is 5.41 Å². The fraction of sp³-hybridized carbons (Fsp3) is 0.865. The zero-order chi connectivity index (χ0) is 31.7. The van der Waals surface area contributed by atoms with E-state index >= 15 is 0 Å². The molecule has 2 N–H and O–H groups in total. The highest BCUT2D eigenvalue weighted by molar-refractivity contribution is 5.88. The van der Waals surface area contributed by atoms with Crippen molar-refractivity contribution in [1.82, 2.24) is 0 Å². The number of hydrogen-bond donors (Lipinski definition) is 2. The van der Waals surface area contributed by atoms with Gasteiger partial charge >= 0.3 is 17.9 Å². The molecule has 0 aromatic heterocycles. The molecule has 2 unspecified atom stereocenters. The van der Waals surface area contributed by atoms with Crippen molar-refractivity contribution >= 4 is 17.9 Å². The molecular formula is C37H56O6. The molecule has 43 heavy (non-hydrogen) atoms. The molecule has 0 aromatic rings. The Hall–Kier alpha value is -1.85. The van der Waals surface area contributed by atoms with Gasteiger partial charge in [-0.15, -0.1) is 0 Å². The molecule has 6 aliphatic carbocycles. The van der Waals surface area contributed by atoms with Gasteiger partial charge in [-0.3, -0.25) is 14.4 Å². The molecule has 0 amide bonds. The van der Waals surface area contributed by atoms with Gasteiger partial charge in [-0.25, -0.2) is 0 Å². The number of fused-ring (bicyclic) bond motifs is 7. The quantitative estimate of drug-likeness (QED) is 0.252. The Bertz CT molecular complexity index is 1260. The summed E-state index contributed by atoms with van der Waals surface area (Å²) >= 11 is 0. The van der Waals surface area contributed by atoms with E-state index in [0.717, 1.165) is 57.8 Å². The highest BCUT2D eigenvalue weighted by atomic mass is 16.5. The maximum Gasteiger partial charge on any atom is 0.310 e. The second-order valence-electron chi connectivity index (χ2n) is 18.0. The van der Waals surface area contributed by atoms with Crippen molar-refractivity contribution in [2.75, 3.05) is 0 Å². The van der Waals surface area contributed by atoms with Gasteiger partial charge in [0.15, 0.2) is 0 Å². The van der Waals surface area contributed by atoms with E-state index in [1.807, 2.05) is 13.8 Å². The minimum absolute atomic E-state index is 0.0182. The monoisotopic (exact) mass is 596 g/mol. The zero-order valence-corrected chi connectivity index (χ0v) is 28.1. The highest BCUT2D eigenvalue weighted by Gasteiger charge is 2.71. The standard InChI is InChI=1S/C37H56O6/c1-20-12-17-37(31(41)42)19-18-35(8)22(26(37)21(20)2)10-11-24-34(7)15-14-25(32(3,4)23(34)13-16-36(24,35)9)43-30(40)28-27(29(38)39)33(28,5)6/h10,20-21,23-28H,11-19H2,1-9H3,(H,38,39)(H,41,42)/t20-,21+,23+,24-,25+,26+,27?,28?,34+,35-,36-,37+/m1/s1. The average Bonchev–Trinajstić information content (AvgIpc) is 3.50. The molecule has 0 saturated heterocycles. The third kappa shape index (κ3) is 3.85. The molecule has 0 radical (unpaired) electrons. The number of ether oxygens (including phenoxy) is 1. The van der Waals surface area contributed by atoms with Crippen LogP contribution in [0.2, 0.25) is 0 Å². The SMILES string of the molecule is C[C@H]1[C@H](C)CC[C@]2(C(=O)O)CC[C@]3(C)C(=CC[C@@H]4[C@@]5(C)CC[C@H](OC(=O)C6C(C(=O)O)C6(C)C)C(C)(C)[C@@H]5CC[C@]43C)[C@H]12. The predicted molar refractivity (Wildman–Crippen MR) is 165 cm³/mol. The Morgan fingerprint density at radius 3 is 2.07 bits per heavy atom. The van der Waals surface area contributed by atoms with Gasteiger partial charge in [0.05, 0.1) is 17.3 Å². The number of carbonyl (C=O) groups excluding carboxylic acids is 1. The number of aliphatic carboxylic acids is 2. The fourth-order valence-electron chi connectivity index (χ4n) is 12.8. The van der Waals surface area contributed by atoms with Gasteiger partial charge in [-0.2, -0.15) is 0 Å². The van der Waals surface area contributed by atoms with E-state index in [2.05, 4.69) is 54.5 Å². The first-order valence-corrected chi connectivity index (χ1v) is 17.2. The highest BCUT2D eigenvalue weighted by Crippen LogP contribution is 2.76. The molecule has 6 aliphatic rings. The van der Waals surface area contributed by atoms with E-state index in [0.29, 0.717) is 23.7 Å². The second-order valence-corrected chi connectivity index (χ2v) is 18.0. The first-order chi connectivity index (χ1) is 19.8. The van der Waals surface area contributed by atoms with Crippen molar-refractivity contribution in [2.45, 2.75) is 126 Å². The number of carbonyl (C=O) groups is 3. The number of allylic oxidation sites excluding steroid dienone is 2. The minimum atomic E-state index is -0.910. The summed E-state index contributed by atoms with van der Waals surface area (Å²) in [6, 6.07) is 0. The molecule has 0 bridgehead atoms. The van der Waals surface area contributed by atoms with Crippen LogP contribution in [0.15, 0.2) is 11.6 Å². The van der Waals surface area contributed by atoms with Crippen molar-refractivity contribution in [3.8, 4) is 0 Å². The van der Waals surface area contributed by atoms with Gasteiger partial charge in [0.2, 0.25) is 0 Å². The Morgan fingerprint density at radius 2 is 1.47 bits per heavy atom. The van der Waals surface area contributed by atoms with Gasteiger partial charge in [0.25, 0.3) is 0 Å². The number of carboxylic acid groups (broad SMARTS) is 2. The second kappa shape index (κ2) is 9.34. The molecule has 6 nitrogen and oxygen atoms in total. The van der Waals surface area contributed by atoms with Crippen molar-refractivity contribution in [1.29, 1.82) is 0 Å². The van der Waals surface area contributed by atoms with Gasteiger partial charge in [0.1, 0.15) is 6.10 Å². The zero-order valence-electron chi connectivity index (χ0n) is 28.1. The summed E-state index contributed by atoms with van der Waals surface area (Å²) in [7, 11) is 0. The third-order valence-electron chi connectivity index (χ3n) is 16.0. The first kappa shape index (κ1) is 31.1. The van der Waals surface area contributed by atoms with Crippen LogP contribution in [0.5, 0.6) is 0 Å². The maximum absolute atomic E-state index is 13.3. The first-order valence-electron chi connectivity index (χ1n) is 17.2. The average molecular weight is 597 g/mol. The van der Waals surface area contributed by atoms with Gasteiger partial charge < -0.3 is 14.9 Å². The van der Waals surface area contributed by atoms with E-state index < -0.39 is 34.6 Å². The lowest BCUT2D eigenvalue weighted by molar-refractivity contribution is -0.215. The molecule has 0 heterocycles. The molecule has 5 saturated carbocycles. The van der Waals surface area contributed by atoms with E-state index in [-0.39, 0.29) is 39.7 Å². The van der Waals surface area contributed by atoms with Crippen LogP contribution in [0, 0.1) is 73.9 Å². The lowest BCUT2D eigenvalue weighted by atomic mass is 9.33. The number of carboxylic acids is 2. The van der Waals surface area contributed by atoms with Crippen molar-refractivity contribution in [3.05, 3.63) is 11.6 Å². The largest absolute Gasteiger partial charge is 0.481 e. The van der Waals surface area contributed by atoms with Crippen LogP contribution >= 0.6 is 0 Å². The minimum Gasteiger partial charge on any atom is -0.481 e. The van der Waals surface area contributed by atoms with Gasteiger partial charge in [-0.05, 0) is 109 Å². The Morgan fingerprint density at radius 1 is 0.791 bits per heavy atom. The fourth-order valence-corrected chi connectivity index (χ4v) is 12.8. The molecule has 0 spiro atoms.